The minimum absolute atomic E-state index is 0.136. The molecule has 2 rings (SSSR count). The summed E-state index contributed by atoms with van der Waals surface area (Å²) in [4.78, 5) is 12.4. The maximum Gasteiger partial charge on any atom is 0.228 e. The van der Waals surface area contributed by atoms with Gasteiger partial charge in [-0.05, 0) is 36.8 Å². The minimum atomic E-state index is -0.495. The molecule has 112 valence electrons. The molecule has 0 saturated heterocycles. The number of hydrogen-bond acceptors (Lipinski definition) is 3. The van der Waals surface area contributed by atoms with Crippen LogP contribution in [0.2, 0.25) is 0 Å². The molecule has 0 aliphatic carbocycles. The molecule has 2 atom stereocenters. The lowest BCUT2D eigenvalue weighted by atomic mass is 9.93. The van der Waals surface area contributed by atoms with Gasteiger partial charge in [0.2, 0.25) is 5.91 Å². The van der Waals surface area contributed by atoms with E-state index in [1.807, 2.05) is 0 Å². The molecule has 21 heavy (non-hydrogen) atoms. The highest BCUT2D eigenvalue weighted by molar-refractivity contribution is 5.84. The van der Waals surface area contributed by atoms with Crippen LogP contribution in [0.5, 0.6) is 0 Å². The second kappa shape index (κ2) is 7.04. The van der Waals surface area contributed by atoms with Gasteiger partial charge in [-0.3, -0.25) is 4.79 Å². The molecule has 0 aliphatic heterocycles. The molecule has 4 nitrogen and oxygen atoms in total. The first-order chi connectivity index (χ1) is 10.1. The summed E-state index contributed by atoms with van der Waals surface area (Å²) in [6.07, 6.45) is 1.92. The summed E-state index contributed by atoms with van der Waals surface area (Å²) < 4.78 is 18.3. The molecular formula is C16H18FNO3. The summed E-state index contributed by atoms with van der Waals surface area (Å²) in [6.45, 7) is 1.58. The van der Waals surface area contributed by atoms with Crippen molar-refractivity contribution >= 4 is 5.91 Å². The lowest BCUT2D eigenvalue weighted by molar-refractivity contribution is -0.123. The van der Waals surface area contributed by atoms with E-state index in [0.29, 0.717) is 17.7 Å². The fourth-order valence-corrected chi connectivity index (χ4v) is 2.08. The average molecular weight is 291 g/mol. The van der Waals surface area contributed by atoms with Gasteiger partial charge in [0.15, 0.2) is 0 Å². The van der Waals surface area contributed by atoms with Gasteiger partial charge >= 0.3 is 0 Å². The number of carbonyl (C=O) groups excluding carboxylic acids is 1. The second-order valence-electron chi connectivity index (χ2n) is 4.98. The van der Waals surface area contributed by atoms with Crippen LogP contribution in [-0.4, -0.2) is 23.7 Å². The first-order valence-electron chi connectivity index (χ1n) is 6.79. The predicted octanol–water partition coefficient (Wildman–Crippen LogP) is 2.24. The van der Waals surface area contributed by atoms with Crippen LogP contribution in [0.3, 0.4) is 0 Å². The predicted molar refractivity (Wildman–Crippen MR) is 76.2 cm³/mol. The standard InChI is InChI=1S/C16H18FNO3/c1-11(10-19)18-16(20)15(9-14-3-2-8-21-14)12-4-6-13(17)7-5-12/h2-8,11,15,19H,9-10H2,1H3,(H,18,20)/t11-,15?/m0/s1. The van der Waals surface area contributed by atoms with Gasteiger partial charge in [0, 0.05) is 12.5 Å². The van der Waals surface area contributed by atoms with Gasteiger partial charge in [0.25, 0.3) is 0 Å². The second-order valence-corrected chi connectivity index (χ2v) is 4.98. The zero-order valence-electron chi connectivity index (χ0n) is 11.8. The average Bonchev–Trinajstić information content (AvgIpc) is 2.98. The molecule has 1 aromatic carbocycles. The van der Waals surface area contributed by atoms with E-state index in [4.69, 9.17) is 9.52 Å². The Morgan fingerprint density at radius 3 is 2.62 bits per heavy atom. The van der Waals surface area contributed by atoms with E-state index >= 15 is 0 Å². The van der Waals surface area contributed by atoms with Crippen molar-refractivity contribution < 1.29 is 18.7 Å². The Morgan fingerprint density at radius 2 is 2.05 bits per heavy atom. The maximum atomic E-state index is 13.0. The molecule has 0 saturated carbocycles. The fourth-order valence-electron chi connectivity index (χ4n) is 2.08. The lowest BCUT2D eigenvalue weighted by Gasteiger charge is -2.19. The Balaban J connectivity index is 2.21. The third kappa shape index (κ3) is 4.16. The minimum Gasteiger partial charge on any atom is -0.469 e. The summed E-state index contributed by atoms with van der Waals surface area (Å²) in [6, 6.07) is 9.04. The Kier molecular flexibility index (Phi) is 5.11. The molecule has 1 amide bonds. The van der Waals surface area contributed by atoms with Crippen LogP contribution in [-0.2, 0) is 11.2 Å². The molecule has 5 heteroatoms. The van der Waals surface area contributed by atoms with Gasteiger partial charge < -0.3 is 14.8 Å². The Bertz CT molecular complexity index is 566. The van der Waals surface area contributed by atoms with Gasteiger partial charge in [0.05, 0.1) is 18.8 Å². The number of benzene rings is 1. The quantitative estimate of drug-likeness (QED) is 0.858. The fraction of sp³-hybridized carbons (Fsp3) is 0.312. The molecule has 2 aromatic rings. The summed E-state index contributed by atoms with van der Waals surface area (Å²) in [5.41, 5.74) is 0.704. The van der Waals surface area contributed by atoms with Crippen LogP contribution in [0.1, 0.15) is 24.2 Å². The third-order valence-corrected chi connectivity index (χ3v) is 3.24. The molecule has 1 heterocycles. The highest BCUT2D eigenvalue weighted by atomic mass is 19.1. The van der Waals surface area contributed by atoms with Crippen LogP contribution in [0, 0.1) is 5.82 Å². The number of halogens is 1. The zero-order chi connectivity index (χ0) is 15.2. The number of aliphatic hydroxyl groups is 1. The molecule has 1 aromatic heterocycles. The van der Waals surface area contributed by atoms with Crippen LogP contribution in [0.15, 0.2) is 47.1 Å². The summed E-state index contributed by atoms with van der Waals surface area (Å²) in [5.74, 6) is -0.388. The number of carbonyl (C=O) groups is 1. The number of rotatable bonds is 6. The first-order valence-corrected chi connectivity index (χ1v) is 6.79. The van der Waals surface area contributed by atoms with E-state index in [-0.39, 0.29) is 24.4 Å². The summed E-state index contributed by atoms with van der Waals surface area (Å²) in [7, 11) is 0. The van der Waals surface area contributed by atoms with Crippen molar-refractivity contribution in [3.8, 4) is 0 Å². The molecule has 2 N–H and O–H groups in total. The molecule has 0 fully saturated rings. The number of aliphatic hydroxyl groups excluding tert-OH is 1. The Morgan fingerprint density at radius 1 is 1.33 bits per heavy atom. The van der Waals surface area contributed by atoms with Crippen molar-refractivity contribution in [2.45, 2.75) is 25.3 Å². The van der Waals surface area contributed by atoms with Gasteiger partial charge in [0.1, 0.15) is 11.6 Å². The van der Waals surface area contributed by atoms with Crippen molar-refractivity contribution in [3.63, 3.8) is 0 Å². The van der Waals surface area contributed by atoms with Gasteiger partial charge in [-0.1, -0.05) is 12.1 Å². The van der Waals surface area contributed by atoms with Gasteiger partial charge in [-0.2, -0.15) is 0 Å². The van der Waals surface area contributed by atoms with E-state index in [2.05, 4.69) is 5.32 Å². The Labute approximate surface area is 122 Å². The maximum absolute atomic E-state index is 13.0. The van der Waals surface area contributed by atoms with Gasteiger partial charge in [-0.25, -0.2) is 4.39 Å². The number of hydrogen-bond donors (Lipinski definition) is 2. The first kappa shape index (κ1) is 15.3. The van der Waals surface area contributed by atoms with E-state index < -0.39 is 5.92 Å². The largest absolute Gasteiger partial charge is 0.469 e. The molecule has 0 aliphatic rings. The number of nitrogens with one attached hydrogen (secondary N) is 1. The van der Waals surface area contributed by atoms with Crippen molar-refractivity contribution in [1.29, 1.82) is 0 Å². The van der Waals surface area contributed by atoms with E-state index in [1.165, 1.54) is 12.1 Å². The monoisotopic (exact) mass is 291 g/mol. The zero-order valence-corrected chi connectivity index (χ0v) is 11.8. The van der Waals surface area contributed by atoms with E-state index in [1.54, 1.807) is 37.5 Å². The van der Waals surface area contributed by atoms with Crippen LogP contribution in [0.4, 0.5) is 4.39 Å². The molecular weight excluding hydrogens is 273 g/mol. The summed E-state index contributed by atoms with van der Waals surface area (Å²) in [5, 5.41) is 11.8. The highest BCUT2D eigenvalue weighted by Crippen LogP contribution is 2.22. The van der Waals surface area contributed by atoms with Crippen LogP contribution in [0.25, 0.3) is 0 Å². The smallest absolute Gasteiger partial charge is 0.228 e. The number of furan rings is 1. The van der Waals surface area contributed by atoms with E-state index in [9.17, 15) is 9.18 Å². The SMILES string of the molecule is C[C@@H](CO)NC(=O)C(Cc1ccco1)c1ccc(F)cc1. The van der Waals surface area contributed by atoms with Crippen molar-refractivity contribution in [2.75, 3.05) is 6.61 Å². The Hall–Kier alpha value is -2.14. The van der Waals surface area contributed by atoms with Crippen molar-refractivity contribution in [2.24, 2.45) is 0 Å². The summed E-state index contributed by atoms with van der Waals surface area (Å²) >= 11 is 0. The molecule has 0 bridgehead atoms. The van der Waals surface area contributed by atoms with Gasteiger partial charge in [-0.15, -0.1) is 0 Å². The van der Waals surface area contributed by atoms with Crippen LogP contribution >= 0.6 is 0 Å². The molecule has 1 unspecified atom stereocenters. The highest BCUT2D eigenvalue weighted by Gasteiger charge is 2.23. The molecule has 0 radical (unpaired) electrons. The van der Waals surface area contributed by atoms with Crippen molar-refractivity contribution in [3.05, 3.63) is 59.8 Å². The third-order valence-electron chi connectivity index (χ3n) is 3.24. The normalized spacial score (nSPS) is 13.7. The molecule has 0 spiro atoms. The van der Waals surface area contributed by atoms with Crippen LogP contribution < -0.4 is 5.32 Å². The lowest BCUT2D eigenvalue weighted by Crippen LogP contribution is -2.38. The van der Waals surface area contributed by atoms with E-state index in [0.717, 1.165) is 0 Å². The number of amides is 1. The topological polar surface area (TPSA) is 62.5 Å². The van der Waals surface area contributed by atoms with Crippen molar-refractivity contribution in [1.82, 2.24) is 5.32 Å².